The quantitative estimate of drug-likeness (QED) is 0.0749. The molecule has 0 spiro atoms. The van der Waals surface area contributed by atoms with Gasteiger partial charge < -0.3 is 46.0 Å². The summed E-state index contributed by atoms with van der Waals surface area (Å²) >= 11 is 0. The normalized spacial score (nSPS) is 11.4. The minimum absolute atomic E-state index is 0.123. The lowest BCUT2D eigenvalue weighted by Gasteiger charge is -2.23. The van der Waals surface area contributed by atoms with Crippen LogP contribution in [0.5, 0.6) is 17.2 Å². The standard InChI is InChI=1S/3C15H22O3.C3H8O3/c3*1-5-11-8-10(6-7-13(16)17)9-12(14(11)18)15(2,3)4;4-1-3(6)2-5/h3*8-9,18H,5-7H2,1-4H3,(H,16,17);3-6H,1-2H2. The lowest BCUT2D eigenvalue weighted by molar-refractivity contribution is -0.138. The van der Waals surface area contributed by atoms with Crippen molar-refractivity contribution in [1.29, 1.82) is 0 Å². The molecule has 3 aromatic carbocycles. The van der Waals surface area contributed by atoms with E-state index in [2.05, 4.69) is 0 Å². The third-order valence-corrected chi connectivity index (χ3v) is 9.62. The zero-order valence-corrected chi connectivity index (χ0v) is 38.1. The molecular formula is C48H74O12. The van der Waals surface area contributed by atoms with Crippen molar-refractivity contribution in [1.82, 2.24) is 0 Å². The first-order valence-electron chi connectivity index (χ1n) is 20.7. The Balaban J connectivity index is 0.000000813. The van der Waals surface area contributed by atoms with Crippen molar-refractivity contribution < 1.29 is 60.3 Å². The molecule has 60 heavy (non-hydrogen) atoms. The zero-order chi connectivity index (χ0) is 46.8. The van der Waals surface area contributed by atoms with E-state index in [0.29, 0.717) is 36.5 Å². The van der Waals surface area contributed by atoms with E-state index >= 15 is 0 Å². The molecule has 0 saturated carbocycles. The second kappa shape index (κ2) is 25.2. The molecule has 12 nitrogen and oxygen atoms in total. The Bertz CT molecular complexity index is 1620. The maximum atomic E-state index is 10.6. The number of phenolic OH excluding ortho intramolecular Hbond substituents is 3. The van der Waals surface area contributed by atoms with Crippen LogP contribution in [0.2, 0.25) is 0 Å². The molecule has 0 heterocycles. The summed E-state index contributed by atoms with van der Waals surface area (Å²) in [6.07, 6.45) is 3.17. The minimum Gasteiger partial charge on any atom is -0.507 e. The minimum atomic E-state index is -0.954. The largest absolute Gasteiger partial charge is 0.507 e. The highest BCUT2D eigenvalue weighted by molar-refractivity contribution is 5.68. The van der Waals surface area contributed by atoms with Crippen molar-refractivity contribution >= 4 is 17.9 Å². The van der Waals surface area contributed by atoms with E-state index in [9.17, 15) is 29.7 Å². The highest BCUT2D eigenvalue weighted by Crippen LogP contribution is 2.37. The number of hydrogen-bond donors (Lipinski definition) is 9. The van der Waals surface area contributed by atoms with Crippen LogP contribution in [0.3, 0.4) is 0 Å². The van der Waals surface area contributed by atoms with Crippen LogP contribution < -0.4 is 0 Å². The summed E-state index contributed by atoms with van der Waals surface area (Å²) in [4.78, 5) is 31.9. The van der Waals surface area contributed by atoms with Crippen LogP contribution in [-0.4, -0.2) is 83.2 Å². The van der Waals surface area contributed by atoms with Gasteiger partial charge in [0.25, 0.3) is 0 Å². The fourth-order valence-electron chi connectivity index (χ4n) is 6.05. The smallest absolute Gasteiger partial charge is 0.303 e. The summed E-state index contributed by atoms with van der Waals surface area (Å²) in [5, 5.41) is 80.9. The highest BCUT2D eigenvalue weighted by atomic mass is 16.4. The molecule has 0 atom stereocenters. The van der Waals surface area contributed by atoms with Crippen LogP contribution in [-0.2, 0) is 69.2 Å². The van der Waals surface area contributed by atoms with Gasteiger partial charge in [-0.2, -0.15) is 0 Å². The number of benzene rings is 3. The molecule has 0 aliphatic heterocycles. The average Bonchev–Trinajstić information content (AvgIpc) is 3.15. The molecule has 9 N–H and O–H groups in total. The Morgan fingerprint density at radius 2 is 0.683 bits per heavy atom. The van der Waals surface area contributed by atoms with Crippen LogP contribution >= 0.6 is 0 Å². The molecule has 0 fully saturated rings. The number of carboxylic acids is 3. The van der Waals surface area contributed by atoms with Crippen molar-refractivity contribution in [3.05, 3.63) is 86.5 Å². The van der Waals surface area contributed by atoms with Gasteiger partial charge >= 0.3 is 17.9 Å². The van der Waals surface area contributed by atoms with Gasteiger partial charge in [-0.1, -0.05) is 119 Å². The molecule has 0 unspecified atom stereocenters. The molecule has 3 aromatic rings. The number of aliphatic hydroxyl groups is 3. The van der Waals surface area contributed by atoms with Gasteiger partial charge in [-0.25, -0.2) is 0 Å². The third kappa shape index (κ3) is 19.6. The van der Waals surface area contributed by atoms with Crippen LogP contribution in [0.4, 0.5) is 0 Å². The Morgan fingerprint density at radius 1 is 0.467 bits per heavy atom. The maximum absolute atomic E-state index is 10.6. The second-order valence-electron chi connectivity index (χ2n) is 18.0. The van der Waals surface area contributed by atoms with Gasteiger partial charge in [-0.05, 0) is 105 Å². The number of hydrogen-bond acceptors (Lipinski definition) is 9. The molecule has 0 amide bonds. The van der Waals surface area contributed by atoms with Gasteiger partial charge in [0.15, 0.2) is 0 Å². The number of aliphatic carboxylic acids is 3. The summed E-state index contributed by atoms with van der Waals surface area (Å²) in [6, 6.07) is 11.5. The number of carbonyl (C=O) groups is 3. The Kier molecular flexibility index (Phi) is 23.2. The van der Waals surface area contributed by atoms with E-state index in [0.717, 1.165) is 69.3 Å². The molecule has 0 aliphatic rings. The predicted octanol–water partition coefficient (Wildman–Crippen LogP) is 8.14. The van der Waals surface area contributed by atoms with Crippen molar-refractivity contribution in [2.75, 3.05) is 13.2 Å². The Labute approximate surface area is 357 Å². The molecule has 0 saturated heterocycles. The summed E-state index contributed by atoms with van der Waals surface area (Å²) in [5.74, 6) is -1.33. The molecule has 12 heteroatoms. The van der Waals surface area contributed by atoms with Gasteiger partial charge in [0, 0.05) is 19.3 Å². The van der Waals surface area contributed by atoms with Gasteiger partial charge in [0.2, 0.25) is 0 Å². The molecule has 0 aromatic heterocycles. The fraction of sp³-hybridized carbons (Fsp3) is 0.562. The average molecular weight is 843 g/mol. The zero-order valence-electron chi connectivity index (χ0n) is 38.1. The fourth-order valence-corrected chi connectivity index (χ4v) is 6.05. The van der Waals surface area contributed by atoms with Crippen LogP contribution in [0.1, 0.15) is 152 Å². The number of aryl methyl sites for hydroxylation is 6. The Morgan fingerprint density at radius 3 is 0.817 bits per heavy atom. The molecule has 0 bridgehead atoms. The van der Waals surface area contributed by atoms with E-state index in [-0.39, 0.29) is 48.7 Å². The number of phenols is 3. The summed E-state index contributed by atoms with van der Waals surface area (Å²) < 4.78 is 0. The van der Waals surface area contributed by atoms with Crippen LogP contribution in [0.15, 0.2) is 36.4 Å². The molecule has 0 radical (unpaired) electrons. The lowest BCUT2D eigenvalue weighted by atomic mass is 9.83. The highest BCUT2D eigenvalue weighted by Gasteiger charge is 2.23. The first-order chi connectivity index (χ1) is 27.6. The summed E-state index contributed by atoms with van der Waals surface area (Å²) in [5.41, 5.74) is 7.86. The van der Waals surface area contributed by atoms with Crippen molar-refractivity contribution in [3.63, 3.8) is 0 Å². The molecule has 3 rings (SSSR count). The molecular weight excluding hydrogens is 769 g/mol. The second-order valence-corrected chi connectivity index (χ2v) is 18.0. The van der Waals surface area contributed by atoms with E-state index in [1.807, 2.05) is 119 Å². The van der Waals surface area contributed by atoms with E-state index in [1.165, 1.54) is 0 Å². The number of aliphatic hydroxyl groups excluding tert-OH is 3. The first kappa shape index (κ1) is 55.4. The maximum Gasteiger partial charge on any atom is 0.303 e. The van der Waals surface area contributed by atoms with E-state index in [4.69, 9.17) is 30.6 Å². The third-order valence-electron chi connectivity index (χ3n) is 9.62. The van der Waals surface area contributed by atoms with E-state index < -0.39 is 24.0 Å². The van der Waals surface area contributed by atoms with Crippen LogP contribution in [0.25, 0.3) is 0 Å². The van der Waals surface area contributed by atoms with Gasteiger partial charge in [-0.15, -0.1) is 0 Å². The Hall–Kier alpha value is -4.65. The van der Waals surface area contributed by atoms with Crippen molar-refractivity contribution in [2.45, 2.75) is 163 Å². The number of rotatable bonds is 14. The number of aromatic hydroxyl groups is 3. The topological polar surface area (TPSA) is 233 Å². The lowest BCUT2D eigenvalue weighted by Crippen LogP contribution is -2.15. The predicted molar refractivity (Wildman–Crippen MR) is 237 cm³/mol. The van der Waals surface area contributed by atoms with Crippen molar-refractivity contribution in [3.8, 4) is 17.2 Å². The number of carboxylic acid groups (broad SMARTS) is 3. The first-order valence-corrected chi connectivity index (χ1v) is 20.7. The summed E-state index contributed by atoms with van der Waals surface area (Å²) in [6.45, 7) is 23.6. The van der Waals surface area contributed by atoms with E-state index in [1.54, 1.807) is 0 Å². The monoisotopic (exact) mass is 843 g/mol. The molecule has 338 valence electrons. The van der Waals surface area contributed by atoms with Crippen LogP contribution in [0, 0.1) is 0 Å². The van der Waals surface area contributed by atoms with Gasteiger partial charge in [0.1, 0.15) is 23.4 Å². The SMILES string of the molecule is CCc1cc(CCC(=O)O)cc(C(C)(C)C)c1O.CCc1cc(CCC(=O)O)cc(C(C)(C)C)c1O.CCc1cc(CCC(=O)O)cc(C(C)(C)C)c1O.OCC(O)CO. The van der Waals surface area contributed by atoms with Crippen molar-refractivity contribution in [2.24, 2.45) is 0 Å². The van der Waals surface area contributed by atoms with Gasteiger partial charge in [0.05, 0.1) is 13.2 Å². The van der Waals surface area contributed by atoms with Gasteiger partial charge in [-0.3, -0.25) is 14.4 Å². The summed E-state index contributed by atoms with van der Waals surface area (Å²) in [7, 11) is 0. The molecule has 0 aliphatic carbocycles.